The molecule has 0 saturated carbocycles. The SMILES string of the molecule is Cc1ccc(C(=O)N[C@@H](C)c2nnc(SCC(=O)Nc3ccc(I)cc3C)n2C)cc1. The molecule has 0 spiro atoms. The van der Waals surface area contributed by atoms with Crippen molar-refractivity contribution in [1.29, 1.82) is 0 Å². The van der Waals surface area contributed by atoms with Gasteiger partial charge in [-0.05, 0) is 79.3 Å². The summed E-state index contributed by atoms with van der Waals surface area (Å²) in [5.41, 5.74) is 3.51. The molecule has 9 heteroatoms. The third-order valence-corrected chi connectivity index (χ3v) is 6.40. The molecule has 1 heterocycles. The summed E-state index contributed by atoms with van der Waals surface area (Å²) in [5.74, 6) is 0.551. The number of halogens is 1. The first kappa shape index (κ1) is 23.3. The van der Waals surface area contributed by atoms with Gasteiger partial charge >= 0.3 is 0 Å². The number of hydrogen-bond acceptors (Lipinski definition) is 5. The average Bonchev–Trinajstić information content (AvgIpc) is 3.09. The fourth-order valence-electron chi connectivity index (χ4n) is 2.96. The van der Waals surface area contributed by atoms with Gasteiger partial charge in [-0.15, -0.1) is 10.2 Å². The molecule has 2 aromatic carbocycles. The van der Waals surface area contributed by atoms with Gasteiger partial charge in [0.15, 0.2) is 11.0 Å². The number of carbonyl (C=O) groups is 2. The maximum atomic E-state index is 12.5. The molecule has 2 amide bonds. The topological polar surface area (TPSA) is 88.9 Å². The first-order valence-electron chi connectivity index (χ1n) is 9.70. The molecule has 0 aliphatic carbocycles. The molecular formula is C22H24IN5O2S. The van der Waals surface area contributed by atoms with Crippen molar-refractivity contribution in [3.05, 3.63) is 68.5 Å². The Morgan fingerprint density at radius 3 is 2.52 bits per heavy atom. The number of carbonyl (C=O) groups excluding carboxylic acids is 2. The number of hydrogen-bond donors (Lipinski definition) is 2. The van der Waals surface area contributed by atoms with Crippen LogP contribution < -0.4 is 10.6 Å². The van der Waals surface area contributed by atoms with Gasteiger partial charge in [0, 0.05) is 21.9 Å². The van der Waals surface area contributed by atoms with Crippen LogP contribution in [0.5, 0.6) is 0 Å². The lowest BCUT2D eigenvalue weighted by Gasteiger charge is -2.14. The van der Waals surface area contributed by atoms with Crippen LogP contribution >= 0.6 is 34.4 Å². The highest BCUT2D eigenvalue weighted by Crippen LogP contribution is 2.21. The largest absolute Gasteiger partial charge is 0.342 e. The molecule has 0 saturated heterocycles. The van der Waals surface area contributed by atoms with E-state index >= 15 is 0 Å². The Morgan fingerprint density at radius 2 is 1.84 bits per heavy atom. The van der Waals surface area contributed by atoms with Gasteiger partial charge in [-0.1, -0.05) is 29.5 Å². The van der Waals surface area contributed by atoms with Gasteiger partial charge in [0.1, 0.15) is 0 Å². The predicted octanol–water partition coefficient (Wildman–Crippen LogP) is 4.26. The molecule has 3 aromatic rings. The predicted molar refractivity (Wildman–Crippen MR) is 131 cm³/mol. The Kier molecular flexibility index (Phi) is 7.71. The van der Waals surface area contributed by atoms with E-state index in [0.29, 0.717) is 16.5 Å². The summed E-state index contributed by atoms with van der Waals surface area (Å²) in [6.45, 7) is 5.80. The smallest absolute Gasteiger partial charge is 0.251 e. The minimum atomic E-state index is -0.330. The second kappa shape index (κ2) is 10.3. The molecule has 0 bridgehead atoms. The summed E-state index contributed by atoms with van der Waals surface area (Å²) >= 11 is 3.54. The van der Waals surface area contributed by atoms with Gasteiger partial charge in [0.2, 0.25) is 5.91 Å². The summed E-state index contributed by atoms with van der Waals surface area (Å²) in [6.07, 6.45) is 0. The van der Waals surface area contributed by atoms with Crippen LogP contribution in [0.15, 0.2) is 47.6 Å². The second-order valence-electron chi connectivity index (χ2n) is 7.26. The Morgan fingerprint density at radius 1 is 1.13 bits per heavy atom. The molecule has 1 aromatic heterocycles. The molecule has 0 unspecified atom stereocenters. The number of benzene rings is 2. The molecule has 0 radical (unpaired) electrons. The first-order valence-corrected chi connectivity index (χ1v) is 11.8. The summed E-state index contributed by atoms with van der Waals surface area (Å²) in [6, 6.07) is 12.9. The minimum Gasteiger partial charge on any atom is -0.342 e. The fourth-order valence-corrected chi connectivity index (χ4v) is 4.33. The van der Waals surface area contributed by atoms with Gasteiger partial charge in [-0.25, -0.2) is 0 Å². The van der Waals surface area contributed by atoms with Gasteiger partial charge in [0.05, 0.1) is 11.8 Å². The Labute approximate surface area is 199 Å². The number of anilines is 1. The quantitative estimate of drug-likeness (QED) is 0.340. The number of aromatic nitrogens is 3. The fraction of sp³-hybridized carbons (Fsp3) is 0.273. The van der Waals surface area contributed by atoms with Crippen LogP contribution in [-0.4, -0.2) is 32.3 Å². The van der Waals surface area contributed by atoms with E-state index in [-0.39, 0.29) is 23.6 Å². The van der Waals surface area contributed by atoms with Crippen molar-refractivity contribution in [2.45, 2.75) is 32.0 Å². The number of rotatable bonds is 7. The van der Waals surface area contributed by atoms with Crippen LogP contribution in [0.2, 0.25) is 0 Å². The molecule has 2 N–H and O–H groups in total. The zero-order chi connectivity index (χ0) is 22.5. The van der Waals surface area contributed by atoms with Gasteiger partial charge < -0.3 is 15.2 Å². The van der Waals surface area contributed by atoms with E-state index in [9.17, 15) is 9.59 Å². The summed E-state index contributed by atoms with van der Waals surface area (Å²) in [5, 5.41) is 14.9. The third kappa shape index (κ3) is 6.07. The van der Waals surface area contributed by atoms with E-state index in [1.165, 1.54) is 11.8 Å². The zero-order valence-corrected chi connectivity index (χ0v) is 20.7. The first-order chi connectivity index (χ1) is 14.7. The van der Waals surface area contributed by atoms with E-state index in [4.69, 9.17) is 0 Å². The number of aryl methyl sites for hydroxylation is 2. The van der Waals surface area contributed by atoms with Crippen molar-refractivity contribution in [1.82, 2.24) is 20.1 Å². The van der Waals surface area contributed by atoms with Crippen molar-refractivity contribution in [3.63, 3.8) is 0 Å². The Bertz CT molecular complexity index is 1100. The van der Waals surface area contributed by atoms with Crippen LogP contribution in [0.25, 0.3) is 0 Å². The minimum absolute atomic E-state index is 0.111. The van der Waals surface area contributed by atoms with E-state index < -0.39 is 0 Å². The lowest BCUT2D eigenvalue weighted by Crippen LogP contribution is -2.28. The molecule has 31 heavy (non-hydrogen) atoms. The molecule has 1 atom stereocenters. The standard InChI is InChI=1S/C22H24IN5O2S/c1-13-5-7-16(8-6-13)21(30)24-15(3)20-26-27-22(28(20)4)31-12-19(29)25-18-10-9-17(23)11-14(18)2/h5-11,15H,12H2,1-4H3,(H,24,30)(H,25,29)/t15-/m0/s1. The normalized spacial score (nSPS) is 11.8. The summed E-state index contributed by atoms with van der Waals surface area (Å²) in [7, 11) is 1.83. The van der Waals surface area contributed by atoms with Crippen LogP contribution in [0, 0.1) is 17.4 Å². The molecule has 0 aliphatic rings. The molecule has 0 aliphatic heterocycles. The highest BCUT2D eigenvalue weighted by atomic mass is 127. The van der Waals surface area contributed by atoms with Crippen LogP contribution in [0.1, 0.15) is 40.3 Å². The molecule has 3 rings (SSSR count). The van der Waals surface area contributed by atoms with E-state index in [0.717, 1.165) is 20.4 Å². The lowest BCUT2D eigenvalue weighted by atomic mass is 10.1. The van der Waals surface area contributed by atoms with Crippen molar-refractivity contribution in [2.75, 3.05) is 11.1 Å². The lowest BCUT2D eigenvalue weighted by molar-refractivity contribution is -0.113. The summed E-state index contributed by atoms with van der Waals surface area (Å²) in [4.78, 5) is 24.8. The highest BCUT2D eigenvalue weighted by molar-refractivity contribution is 14.1. The maximum absolute atomic E-state index is 12.5. The summed E-state index contributed by atoms with van der Waals surface area (Å²) < 4.78 is 2.92. The maximum Gasteiger partial charge on any atom is 0.251 e. The van der Waals surface area contributed by atoms with E-state index in [2.05, 4.69) is 43.4 Å². The molecule has 162 valence electrons. The number of nitrogens with one attached hydrogen (secondary N) is 2. The number of amides is 2. The van der Waals surface area contributed by atoms with E-state index in [1.807, 2.05) is 58.2 Å². The average molecular weight is 549 g/mol. The van der Waals surface area contributed by atoms with Crippen molar-refractivity contribution in [3.8, 4) is 0 Å². The van der Waals surface area contributed by atoms with Crippen molar-refractivity contribution >= 4 is 51.9 Å². The number of nitrogens with zero attached hydrogens (tertiary/aromatic N) is 3. The highest BCUT2D eigenvalue weighted by Gasteiger charge is 2.19. The second-order valence-corrected chi connectivity index (χ2v) is 9.45. The van der Waals surface area contributed by atoms with Crippen molar-refractivity contribution < 1.29 is 9.59 Å². The van der Waals surface area contributed by atoms with Gasteiger partial charge in [-0.3, -0.25) is 9.59 Å². The van der Waals surface area contributed by atoms with E-state index in [1.54, 1.807) is 16.7 Å². The third-order valence-electron chi connectivity index (χ3n) is 4.71. The monoisotopic (exact) mass is 549 g/mol. The van der Waals surface area contributed by atoms with Gasteiger partial charge in [-0.2, -0.15) is 0 Å². The number of thioether (sulfide) groups is 1. The zero-order valence-electron chi connectivity index (χ0n) is 17.8. The molecule has 0 fully saturated rings. The van der Waals surface area contributed by atoms with Crippen LogP contribution in [0.4, 0.5) is 5.69 Å². The Hall–Kier alpha value is -2.40. The van der Waals surface area contributed by atoms with Gasteiger partial charge in [0.25, 0.3) is 5.91 Å². The van der Waals surface area contributed by atoms with Crippen molar-refractivity contribution in [2.24, 2.45) is 7.05 Å². The van der Waals surface area contributed by atoms with Crippen LogP contribution in [0.3, 0.4) is 0 Å². The molecular weight excluding hydrogens is 525 g/mol. The molecule has 7 nitrogen and oxygen atoms in total. The Balaban J connectivity index is 1.58. The van der Waals surface area contributed by atoms with Crippen LogP contribution in [-0.2, 0) is 11.8 Å².